The molecule has 0 saturated carbocycles. The number of H-pyrrole nitrogens is 1. The van der Waals surface area contributed by atoms with E-state index >= 15 is 0 Å². The minimum Gasteiger partial charge on any atom is -0.364 e. The number of carbonyl (C=O) groups excluding carboxylic acids is 1. The molecule has 32 heavy (non-hydrogen) atoms. The van der Waals surface area contributed by atoms with Crippen molar-refractivity contribution in [2.24, 2.45) is 0 Å². The van der Waals surface area contributed by atoms with Crippen LogP contribution >= 0.6 is 15.9 Å². The molecule has 4 rings (SSSR count). The summed E-state index contributed by atoms with van der Waals surface area (Å²) in [7, 11) is -3.53. The predicted molar refractivity (Wildman–Crippen MR) is 127 cm³/mol. The summed E-state index contributed by atoms with van der Waals surface area (Å²) in [5, 5.41) is 2.91. The highest BCUT2D eigenvalue weighted by Gasteiger charge is 2.33. The van der Waals surface area contributed by atoms with Gasteiger partial charge >= 0.3 is 0 Å². The molecule has 0 radical (unpaired) electrons. The van der Waals surface area contributed by atoms with Gasteiger partial charge in [-0.15, -0.1) is 0 Å². The largest absolute Gasteiger partial charge is 0.364 e. The summed E-state index contributed by atoms with van der Waals surface area (Å²) >= 11 is 3.50. The summed E-state index contributed by atoms with van der Waals surface area (Å²) in [6.45, 7) is 1.36. The Hall–Kier alpha value is -2.69. The van der Waals surface area contributed by atoms with Crippen molar-refractivity contribution < 1.29 is 13.2 Å². The SMILES string of the molecule is CS(=O)(=O)N1Cc2cc(Br)ccc2N(Cc2cnc[nH]2)C[C@@H]1CNC(=O)c1ccccc1. The number of aromatic amines is 1. The van der Waals surface area contributed by atoms with E-state index in [0.717, 1.165) is 21.4 Å². The summed E-state index contributed by atoms with van der Waals surface area (Å²) in [4.78, 5) is 21.9. The minimum atomic E-state index is -3.53. The molecule has 0 fully saturated rings. The fourth-order valence-electron chi connectivity index (χ4n) is 3.91. The number of rotatable bonds is 6. The Labute approximate surface area is 195 Å². The lowest BCUT2D eigenvalue weighted by Crippen LogP contribution is -2.50. The van der Waals surface area contributed by atoms with E-state index in [0.29, 0.717) is 18.7 Å². The number of aromatic nitrogens is 2. The lowest BCUT2D eigenvalue weighted by Gasteiger charge is -2.31. The highest BCUT2D eigenvalue weighted by atomic mass is 79.9. The van der Waals surface area contributed by atoms with Gasteiger partial charge < -0.3 is 15.2 Å². The van der Waals surface area contributed by atoms with Crippen molar-refractivity contribution in [1.29, 1.82) is 0 Å². The van der Waals surface area contributed by atoms with Crippen molar-refractivity contribution in [3.8, 4) is 0 Å². The second-order valence-corrected chi connectivity index (χ2v) is 10.6. The maximum Gasteiger partial charge on any atom is 0.251 e. The van der Waals surface area contributed by atoms with Crippen LogP contribution in [0.15, 0.2) is 65.5 Å². The lowest BCUT2D eigenvalue weighted by atomic mass is 10.1. The normalized spacial score (nSPS) is 16.9. The van der Waals surface area contributed by atoms with Gasteiger partial charge in [-0.1, -0.05) is 34.1 Å². The van der Waals surface area contributed by atoms with Gasteiger partial charge in [0.1, 0.15) is 0 Å². The smallest absolute Gasteiger partial charge is 0.251 e. The lowest BCUT2D eigenvalue weighted by molar-refractivity contribution is 0.0944. The Morgan fingerprint density at radius 1 is 1.25 bits per heavy atom. The molecule has 1 amide bonds. The highest BCUT2D eigenvalue weighted by molar-refractivity contribution is 9.10. The summed E-state index contributed by atoms with van der Waals surface area (Å²) in [6.07, 6.45) is 4.58. The standard InChI is InChI=1S/C22H24BrN5O3S/c1-32(30,31)28-12-17-9-18(23)7-8-21(17)27(13-19-10-24-15-26-19)14-20(28)11-25-22(29)16-5-3-2-4-6-16/h2-10,15,20H,11-14H2,1H3,(H,24,26)(H,25,29)/t20-/m0/s1. The average molecular weight is 518 g/mol. The van der Waals surface area contributed by atoms with Crippen molar-refractivity contribution in [2.75, 3.05) is 24.2 Å². The van der Waals surface area contributed by atoms with Crippen LogP contribution in [0.4, 0.5) is 5.69 Å². The van der Waals surface area contributed by atoms with E-state index in [1.807, 2.05) is 24.3 Å². The second kappa shape index (κ2) is 9.43. The molecule has 10 heteroatoms. The van der Waals surface area contributed by atoms with Crippen molar-refractivity contribution in [3.63, 3.8) is 0 Å². The zero-order valence-electron chi connectivity index (χ0n) is 17.5. The molecule has 0 bridgehead atoms. The molecule has 0 unspecified atom stereocenters. The molecule has 0 saturated heterocycles. The van der Waals surface area contributed by atoms with Gasteiger partial charge in [0.2, 0.25) is 10.0 Å². The molecule has 1 aromatic heterocycles. The highest BCUT2D eigenvalue weighted by Crippen LogP contribution is 2.32. The molecule has 1 atom stereocenters. The number of hydrogen-bond acceptors (Lipinski definition) is 5. The summed E-state index contributed by atoms with van der Waals surface area (Å²) < 4.78 is 27.8. The molecule has 1 aliphatic heterocycles. The first kappa shape index (κ1) is 22.5. The molecular weight excluding hydrogens is 494 g/mol. The molecule has 2 heterocycles. The van der Waals surface area contributed by atoms with Crippen molar-refractivity contribution in [1.82, 2.24) is 19.6 Å². The fraction of sp³-hybridized carbons (Fsp3) is 0.273. The number of nitrogens with zero attached hydrogens (tertiary/aromatic N) is 3. The quantitative estimate of drug-likeness (QED) is 0.523. The third kappa shape index (κ3) is 5.20. The topological polar surface area (TPSA) is 98.4 Å². The molecule has 168 valence electrons. The Kier molecular flexibility index (Phi) is 6.63. The Morgan fingerprint density at radius 2 is 2.03 bits per heavy atom. The monoisotopic (exact) mass is 517 g/mol. The number of fused-ring (bicyclic) bond motifs is 1. The van der Waals surface area contributed by atoms with Crippen LogP contribution in [-0.4, -0.2) is 54.0 Å². The van der Waals surface area contributed by atoms with E-state index in [2.05, 4.69) is 36.1 Å². The van der Waals surface area contributed by atoms with Gasteiger partial charge in [-0.3, -0.25) is 4.79 Å². The molecule has 2 N–H and O–H groups in total. The molecule has 2 aromatic carbocycles. The van der Waals surface area contributed by atoms with Crippen LogP contribution in [0, 0.1) is 0 Å². The van der Waals surface area contributed by atoms with E-state index in [1.54, 1.807) is 36.8 Å². The van der Waals surface area contributed by atoms with E-state index in [4.69, 9.17) is 0 Å². The number of imidazole rings is 1. The van der Waals surface area contributed by atoms with Gasteiger partial charge in [-0.2, -0.15) is 4.31 Å². The van der Waals surface area contributed by atoms with Crippen LogP contribution in [0.3, 0.4) is 0 Å². The third-order valence-corrected chi connectivity index (χ3v) is 7.20. The van der Waals surface area contributed by atoms with Crippen LogP contribution in [0.2, 0.25) is 0 Å². The molecule has 3 aromatic rings. The van der Waals surface area contributed by atoms with Gasteiger partial charge in [0.15, 0.2) is 0 Å². The molecule has 8 nitrogen and oxygen atoms in total. The zero-order chi connectivity index (χ0) is 22.7. The number of sulfonamides is 1. The molecule has 1 aliphatic rings. The number of hydrogen-bond donors (Lipinski definition) is 2. The van der Waals surface area contributed by atoms with Crippen LogP contribution in [0.25, 0.3) is 0 Å². The first-order valence-corrected chi connectivity index (χ1v) is 12.8. The van der Waals surface area contributed by atoms with E-state index in [1.165, 1.54) is 10.6 Å². The first-order valence-electron chi connectivity index (χ1n) is 10.1. The number of halogens is 1. The van der Waals surface area contributed by atoms with Crippen LogP contribution in [-0.2, 0) is 23.1 Å². The van der Waals surface area contributed by atoms with Crippen molar-refractivity contribution >= 4 is 37.5 Å². The maximum atomic E-state index is 12.7. The van der Waals surface area contributed by atoms with Crippen LogP contribution in [0.5, 0.6) is 0 Å². The second-order valence-electron chi connectivity index (χ2n) is 7.77. The average Bonchev–Trinajstić information content (AvgIpc) is 3.21. The maximum absolute atomic E-state index is 12.7. The van der Waals surface area contributed by atoms with Crippen LogP contribution in [0.1, 0.15) is 21.6 Å². The number of amides is 1. The molecular formula is C22H24BrN5O3S. The third-order valence-electron chi connectivity index (χ3n) is 5.42. The van der Waals surface area contributed by atoms with E-state index < -0.39 is 16.1 Å². The Balaban J connectivity index is 1.65. The van der Waals surface area contributed by atoms with Gasteiger partial charge in [-0.05, 0) is 35.9 Å². The Morgan fingerprint density at radius 3 is 2.72 bits per heavy atom. The van der Waals surface area contributed by atoms with Crippen molar-refractivity contribution in [3.05, 3.63) is 82.3 Å². The summed E-state index contributed by atoms with van der Waals surface area (Å²) in [5.41, 5.74) is 3.29. The molecule has 0 aliphatic carbocycles. The Bertz CT molecular complexity index is 1190. The van der Waals surface area contributed by atoms with E-state index in [-0.39, 0.29) is 19.0 Å². The van der Waals surface area contributed by atoms with E-state index in [9.17, 15) is 13.2 Å². The van der Waals surface area contributed by atoms with Crippen molar-refractivity contribution in [2.45, 2.75) is 19.1 Å². The predicted octanol–water partition coefficient (Wildman–Crippen LogP) is 2.75. The number of benzene rings is 2. The fourth-order valence-corrected chi connectivity index (χ4v) is 5.38. The summed E-state index contributed by atoms with van der Waals surface area (Å²) in [5.74, 6) is -0.233. The van der Waals surface area contributed by atoms with Gasteiger partial charge in [0.05, 0.1) is 30.9 Å². The number of carbonyl (C=O) groups is 1. The molecule has 0 spiro atoms. The summed E-state index contributed by atoms with van der Waals surface area (Å²) in [6, 6.07) is 14.3. The first-order chi connectivity index (χ1) is 15.3. The zero-order valence-corrected chi connectivity index (χ0v) is 19.9. The van der Waals surface area contributed by atoms with Gasteiger partial charge in [-0.25, -0.2) is 13.4 Å². The minimum absolute atomic E-state index is 0.190. The van der Waals surface area contributed by atoms with Gasteiger partial charge in [0, 0.05) is 41.6 Å². The number of anilines is 1. The van der Waals surface area contributed by atoms with Gasteiger partial charge in [0.25, 0.3) is 5.91 Å². The van der Waals surface area contributed by atoms with Crippen LogP contribution < -0.4 is 10.2 Å². The number of nitrogens with one attached hydrogen (secondary N) is 2.